The minimum absolute atomic E-state index is 0.246. The molecule has 0 saturated heterocycles. The van der Waals surface area contributed by atoms with Crippen molar-refractivity contribution in [3.05, 3.63) is 42.0 Å². The summed E-state index contributed by atoms with van der Waals surface area (Å²) in [6.07, 6.45) is 4.61. The van der Waals surface area contributed by atoms with Crippen molar-refractivity contribution in [2.45, 2.75) is 0 Å². The van der Waals surface area contributed by atoms with Crippen LogP contribution in [0.2, 0.25) is 0 Å². The summed E-state index contributed by atoms with van der Waals surface area (Å²) in [5.41, 5.74) is 6.31. The predicted octanol–water partition coefficient (Wildman–Crippen LogP) is 0.691. The third-order valence-electron chi connectivity index (χ3n) is 2.01. The number of hydrogen-bond acceptors (Lipinski definition) is 4. The number of carbonyl (C=O) groups is 1. The highest BCUT2D eigenvalue weighted by atomic mass is 32.1. The van der Waals surface area contributed by atoms with Crippen LogP contribution in [0.4, 0.5) is 5.95 Å². The molecule has 0 aliphatic carbocycles. The first kappa shape index (κ1) is 11.2. The molecule has 0 unspecified atom stereocenters. The van der Waals surface area contributed by atoms with Crippen molar-refractivity contribution in [3.63, 3.8) is 0 Å². The Morgan fingerprint density at radius 1 is 1.41 bits per heavy atom. The van der Waals surface area contributed by atoms with Crippen molar-refractivity contribution in [2.75, 3.05) is 5.32 Å². The highest BCUT2D eigenvalue weighted by Gasteiger charge is 2.08. The first-order chi connectivity index (χ1) is 8.16. The molecule has 2 rings (SSSR count). The summed E-state index contributed by atoms with van der Waals surface area (Å²) >= 11 is 4.79. The average molecular weight is 247 g/mol. The molecule has 2 heterocycles. The molecule has 0 spiro atoms. The molecular formula is C10H9N5OS. The van der Waals surface area contributed by atoms with Gasteiger partial charge in [0, 0.05) is 24.2 Å². The smallest absolute Gasteiger partial charge is 0.276 e. The summed E-state index contributed by atoms with van der Waals surface area (Å²) in [5.74, 6) is 0.0182. The molecule has 17 heavy (non-hydrogen) atoms. The third-order valence-corrected chi connectivity index (χ3v) is 2.25. The standard InChI is InChI=1S/C10H9N5OS/c11-8(17)6-1-2-7(14-5-6)9(16)15-10-12-3-4-13-10/h1-5H,(H2,11,17)(H2,12,13,15,16). The number of aromatic nitrogens is 3. The SMILES string of the molecule is NC(=S)c1ccc(C(=O)Nc2ncc[nH]2)nc1. The van der Waals surface area contributed by atoms with Gasteiger partial charge >= 0.3 is 0 Å². The quantitative estimate of drug-likeness (QED) is 0.693. The number of aromatic amines is 1. The Kier molecular flexibility index (Phi) is 3.10. The van der Waals surface area contributed by atoms with E-state index in [0.717, 1.165) is 0 Å². The molecule has 4 N–H and O–H groups in total. The minimum Gasteiger partial charge on any atom is -0.389 e. The number of carbonyl (C=O) groups excluding carboxylic acids is 1. The van der Waals surface area contributed by atoms with Gasteiger partial charge in [-0.3, -0.25) is 15.1 Å². The zero-order valence-electron chi connectivity index (χ0n) is 8.68. The highest BCUT2D eigenvalue weighted by Crippen LogP contribution is 2.03. The molecular weight excluding hydrogens is 238 g/mol. The van der Waals surface area contributed by atoms with Crippen molar-refractivity contribution in [3.8, 4) is 0 Å². The Labute approximate surface area is 102 Å². The van der Waals surface area contributed by atoms with E-state index in [2.05, 4.69) is 20.3 Å². The van der Waals surface area contributed by atoms with Gasteiger partial charge in [0.1, 0.15) is 10.7 Å². The molecule has 6 nitrogen and oxygen atoms in total. The molecule has 2 aromatic heterocycles. The number of nitrogens with zero attached hydrogens (tertiary/aromatic N) is 2. The topological polar surface area (TPSA) is 96.7 Å². The highest BCUT2D eigenvalue weighted by molar-refractivity contribution is 7.80. The molecule has 86 valence electrons. The van der Waals surface area contributed by atoms with Gasteiger partial charge in [-0.2, -0.15) is 0 Å². The van der Waals surface area contributed by atoms with Gasteiger partial charge in [0.15, 0.2) is 0 Å². The van der Waals surface area contributed by atoms with Crippen molar-refractivity contribution in [2.24, 2.45) is 5.73 Å². The summed E-state index contributed by atoms with van der Waals surface area (Å²) < 4.78 is 0. The number of imidazole rings is 1. The minimum atomic E-state index is -0.352. The second-order valence-corrected chi connectivity index (χ2v) is 3.63. The van der Waals surface area contributed by atoms with E-state index in [1.54, 1.807) is 24.5 Å². The van der Waals surface area contributed by atoms with Crippen LogP contribution in [-0.2, 0) is 0 Å². The summed E-state index contributed by atoms with van der Waals surface area (Å²) in [5, 5.41) is 2.55. The maximum Gasteiger partial charge on any atom is 0.276 e. The van der Waals surface area contributed by atoms with Crippen LogP contribution in [0.25, 0.3) is 0 Å². The summed E-state index contributed by atoms with van der Waals surface area (Å²) in [6.45, 7) is 0. The van der Waals surface area contributed by atoms with Gasteiger partial charge in [0.05, 0.1) is 0 Å². The molecule has 1 amide bonds. The Hall–Kier alpha value is -2.28. The molecule has 2 aromatic rings. The summed E-state index contributed by atoms with van der Waals surface area (Å²) in [6, 6.07) is 3.19. The second-order valence-electron chi connectivity index (χ2n) is 3.19. The molecule has 0 bridgehead atoms. The maximum absolute atomic E-state index is 11.7. The van der Waals surface area contributed by atoms with Crippen molar-refractivity contribution in [1.29, 1.82) is 0 Å². The third kappa shape index (κ3) is 2.64. The molecule has 7 heteroatoms. The fourth-order valence-corrected chi connectivity index (χ4v) is 1.30. The molecule has 0 atom stereocenters. The fourth-order valence-electron chi connectivity index (χ4n) is 1.18. The van der Waals surface area contributed by atoms with Crippen LogP contribution in [0.15, 0.2) is 30.7 Å². The lowest BCUT2D eigenvalue weighted by atomic mass is 10.2. The number of nitrogens with two attached hydrogens (primary N) is 1. The van der Waals surface area contributed by atoms with Gasteiger partial charge < -0.3 is 10.7 Å². The Morgan fingerprint density at radius 3 is 2.76 bits per heavy atom. The lowest BCUT2D eigenvalue weighted by Crippen LogP contribution is -2.16. The summed E-state index contributed by atoms with van der Waals surface area (Å²) in [7, 11) is 0. The Morgan fingerprint density at radius 2 is 2.24 bits per heavy atom. The molecule has 0 saturated carbocycles. The Bertz CT molecular complexity index is 534. The summed E-state index contributed by atoms with van der Waals surface area (Å²) in [4.78, 5) is 22.5. The normalized spacial score (nSPS) is 9.88. The lowest BCUT2D eigenvalue weighted by Gasteiger charge is -2.02. The molecule has 0 aliphatic heterocycles. The van der Waals surface area contributed by atoms with Crippen molar-refractivity contribution >= 4 is 29.1 Å². The van der Waals surface area contributed by atoms with E-state index in [-0.39, 0.29) is 16.6 Å². The van der Waals surface area contributed by atoms with Gasteiger partial charge in [-0.25, -0.2) is 4.98 Å². The number of pyridine rings is 1. The number of hydrogen-bond donors (Lipinski definition) is 3. The zero-order valence-corrected chi connectivity index (χ0v) is 9.49. The Balaban J connectivity index is 2.12. The number of H-pyrrole nitrogens is 1. The number of amides is 1. The number of nitrogens with one attached hydrogen (secondary N) is 2. The van der Waals surface area contributed by atoms with Crippen LogP contribution in [0.1, 0.15) is 16.1 Å². The van der Waals surface area contributed by atoms with E-state index in [1.165, 1.54) is 6.20 Å². The first-order valence-electron chi connectivity index (χ1n) is 4.73. The number of thiocarbonyl (C=S) groups is 1. The first-order valence-corrected chi connectivity index (χ1v) is 5.14. The van der Waals surface area contributed by atoms with Gasteiger partial charge in [-0.1, -0.05) is 12.2 Å². The number of anilines is 1. The maximum atomic E-state index is 11.7. The van der Waals surface area contributed by atoms with Crippen LogP contribution < -0.4 is 11.1 Å². The lowest BCUT2D eigenvalue weighted by molar-refractivity contribution is 0.102. The van der Waals surface area contributed by atoms with E-state index >= 15 is 0 Å². The van der Waals surface area contributed by atoms with Crippen LogP contribution in [0.3, 0.4) is 0 Å². The number of rotatable bonds is 3. The van der Waals surface area contributed by atoms with E-state index in [1.807, 2.05) is 0 Å². The molecule has 0 aliphatic rings. The van der Waals surface area contributed by atoms with Crippen molar-refractivity contribution in [1.82, 2.24) is 15.0 Å². The fraction of sp³-hybridized carbons (Fsp3) is 0. The second kappa shape index (κ2) is 4.71. The zero-order chi connectivity index (χ0) is 12.3. The van der Waals surface area contributed by atoms with E-state index in [9.17, 15) is 4.79 Å². The van der Waals surface area contributed by atoms with Crippen LogP contribution in [-0.4, -0.2) is 25.8 Å². The van der Waals surface area contributed by atoms with Crippen LogP contribution in [0.5, 0.6) is 0 Å². The van der Waals surface area contributed by atoms with Crippen LogP contribution in [0, 0.1) is 0 Å². The monoisotopic (exact) mass is 247 g/mol. The predicted molar refractivity (Wildman–Crippen MR) is 66.7 cm³/mol. The van der Waals surface area contributed by atoms with E-state index < -0.39 is 0 Å². The molecule has 0 radical (unpaired) electrons. The van der Waals surface area contributed by atoms with E-state index in [0.29, 0.717) is 11.5 Å². The van der Waals surface area contributed by atoms with Crippen molar-refractivity contribution < 1.29 is 4.79 Å². The van der Waals surface area contributed by atoms with Gasteiger partial charge in [0.25, 0.3) is 5.91 Å². The largest absolute Gasteiger partial charge is 0.389 e. The van der Waals surface area contributed by atoms with Crippen LogP contribution >= 0.6 is 12.2 Å². The van der Waals surface area contributed by atoms with Gasteiger partial charge in [-0.15, -0.1) is 0 Å². The molecule has 0 aromatic carbocycles. The van der Waals surface area contributed by atoms with E-state index in [4.69, 9.17) is 18.0 Å². The average Bonchev–Trinajstić information content (AvgIpc) is 2.82. The van der Waals surface area contributed by atoms with Gasteiger partial charge in [0.2, 0.25) is 5.95 Å². The molecule has 0 fully saturated rings. The van der Waals surface area contributed by atoms with Gasteiger partial charge in [-0.05, 0) is 12.1 Å².